The van der Waals surface area contributed by atoms with Crippen LogP contribution in [0.15, 0.2) is 75.4 Å². The molecule has 2 aromatic carbocycles. The van der Waals surface area contributed by atoms with Crippen LogP contribution in [0.3, 0.4) is 0 Å². The highest BCUT2D eigenvalue weighted by Gasteiger charge is 2.29. The lowest BCUT2D eigenvalue weighted by molar-refractivity contribution is 0.406. The van der Waals surface area contributed by atoms with E-state index in [4.69, 9.17) is 5.73 Å². The van der Waals surface area contributed by atoms with Crippen molar-refractivity contribution >= 4 is 30.6 Å². The lowest BCUT2D eigenvalue weighted by Crippen LogP contribution is -2.42. The zero-order valence-corrected chi connectivity index (χ0v) is 18.0. The van der Waals surface area contributed by atoms with Crippen molar-refractivity contribution in [2.24, 2.45) is 5.73 Å². The lowest BCUT2D eigenvalue weighted by atomic mass is 10.2. The van der Waals surface area contributed by atoms with Crippen LogP contribution in [0.4, 0.5) is 0 Å². The SMILES string of the molecule is CC(N)CN(CCS(=O)(=O)c1ccccc1)S(=O)(=O)c1cccc2c(=O)[nH]ccc12. The molecule has 3 rings (SSSR count). The van der Waals surface area contributed by atoms with Crippen LogP contribution in [-0.2, 0) is 19.9 Å². The van der Waals surface area contributed by atoms with Crippen molar-refractivity contribution in [3.8, 4) is 0 Å². The minimum Gasteiger partial charge on any atom is -0.329 e. The predicted octanol–water partition coefficient (Wildman–Crippen LogP) is 1.34. The molecule has 0 fully saturated rings. The summed E-state index contributed by atoms with van der Waals surface area (Å²) >= 11 is 0. The maximum atomic E-state index is 13.4. The monoisotopic (exact) mass is 449 g/mol. The summed E-state index contributed by atoms with van der Waals surface area (Å²) in [7, 11) is -7.79. The highest BCUT2D eigenvalue weighted by molar-refractivity contribution is 7.91. The van der Waals surface area contributed by atoms with E-state index in [0.717, 1.165) is 4.31 Å². The zero-order valence-electron chi connectivity index (χ0n) is 16.4. The average Bonchev–Trinajstić information content (AvgIpc) is 2.71. The number of fused-ring (bicyclic) bond motifs is 1. The van der Waals surface area contributed by atoms with E-state index in [0.29, 0.717) is 0 Å². The van der Waals surface area contributed by atoms with E-state index < -0.39 is 37.2 Å². The van der Waals surface area contributed by atoms with E-state index in [9.17, 15) is 21.6 Å². The summed E-state index contributed by atoms with van der Waals surface area (Å²) in [4.78, 5) is 14.6. The van der Waals surface area contributed by atoms with Gasteiger partial charge in [0.25, 0.3) is 5.56 Å². The third-order valence-corrected chi connectivity index (χ3v) is 8.23. The number of H-pyrrole nitrogens is 1. The zero-order chi connectivity index (χ0) is 21.9. The van der Waals surface area contributed by atoms with Crippen LogP contribution in [0.2, 0.25) is 0 Å². The van der Waals surface area contributed by atoms with Gasteiger partial charge in [0.15, 0.2) is 9.84 Å². The number of nitrogens with one attached hydrogen (secondary N) is 1. The summed E-state index contributed by atoms with van der Waals surface area (Å²) in [5, 5.41) is 0.498. The molecule has 1 aromatic heterocycles. The van der Waals surface area contributed by atoms with Gasteiger partial charge < -0.3 is 10.7 Å². The molecular formula is C20H23N3O5S2. The van der Waals surface area contributed by atoms with Crippen molar-refractivity contribution in [3.63, 3.8) is 0 Å². The normalized spacial score (nSPS) is 13.6. The fourth-order valence-electron chi connectivity index (χ4n) is 3.15. The Morgan fingerprint density at radius 1 is 0.967 bits per heavy atom. The summed E-state index contributed by atoms with van der Waals surface area (Å²) < 4.78 is 53.2. The molecule has 0 aliphatic rings. The summed E-state index contributed by atoms with van der Waals surface area (Å²) in [6.45, 7) is 1.31. The summed E-state index contributed by atoms with van der Waals surface area (Å²) in [5.74, 6) is -0.395. The van der Waals surface area contributed by atoms with Crippen LogP contribution in [-0.4, -0.2) is 51.0 Å². The van der Waals surface area contributed by atoms with Gasteiger partial charge >= 0.3 is 0 Å². The number of nitrogens with two attached hydrogens (primary N) is 1. The first-order valence-electron chi connectivity index (χ1n) is 9.27. The highest BCUT2D eigenvalue weighted by Crippen LogP contribution is 2.24. The standard InChI is InChI=1S/C20H23N3O5S2/c1-15(21)14-23(12-13-29(25,26)16-6-3-2-4-7-16)30(27,28)19-9-5-8-18-17(19)10-11-22-20(18)24/h2-11,15H,12-14,21H2,1H3,(H,22,24). The highest BCUT2D eigenvalue weighted by atomic mass is 32.2. The molecule has 0 aliphatic heterocycles. The Balaban J connectivity index is 2.00. The van der Waals surface area contributed by atoms with Gasteiger partial charge in [-0.3, -0.25) is 4.79 Å². The second kappa shape index (κ2) is 8.68. The molecule has 0 saturated heterocycles. The van der Waals surface area contributed by atoms with Gasteiger partial charge in [-0.1, -0.05) is 24.3 Å². The van der Waals surface area contributed by atoms with Crippen molar-refractivity contribution in [1.82, 2.24) is 9.29 Å². The van der Waals surface area contributed by atoms with Crippen LogP contribution in [0, 0.1) is 0 Å². The molecule has 0 amide bonds. The number of benzene rings is 2. The van der Waals surface area contributed by atoms with Gasteiger partial charge in [-0.25, -0.2) is 16.8 Å². The van der Waals surface area contributed by atoms with E-state index in [1.807, 2.05) is 0 Å². The Kier molecular flexibility index (Phi) is 6.41. The molecule has 3 N–H and O–H groups in total. The predicted molar refractivity (Wildman–Crippen MR) is 115 cm³/mol. The summed E-state index contributed by atoms with van der Waals surface area (Å²) in [6, 6.07) is 13.3. The van der Waals surface area contributed by atoms with E-state index >= 15 is 0 Å². The fourth-order valence-corrected chi connectivity index (χ4v) is 6.29. The molecule has 8 nitrogen and oxygen atoms in total. The van der Waals surface area contributed by atoms with Gasteiger partial charge in [0.05, 0.1) is 15.5 Å². The Morgan fingerprint density at radius 3 is 2.33 bits per heavy atom. The largest absolute Gasteiger partial charge is 0.329 e. The third kappa shape index (κ3) is 4.62. The van der Waals surface area contributed by atoms with E-state index in [2.05, 4.69) is 4.98 Å². The van der Waals surface area contributed by atoms with Gasteiger partial charge in [0, 0.05) is 36.1 Å². The summed E-state index contributed by atoms with van der Waals surface area (Å²) in [5.41, 5.74) is 5.44. The third-order valence-electron chi connectivity index (χ3n) is 4.60. The maximum absolute atomic E-state index is 13.4. The number of aromatic amines is 1. The average molecular weight is 450 g/mol. The van der Waals surface area contributed by atoms with Gasteiger partial charge in [0.1, 0.15) is 0 Å². The molecule has 30 heavy (non-hydrogen) atoms. The number of hydrogen-bond acceptors (Lipinski definition) is 6. The van der Waals surface area contributed by atoms with Crippen LogP contribution >= 0.6 is 0 Å². The molecule has 160 valence electrons. The molecule has 0 radical (unpaired) electrons. The Hall–Kier alpha value is -2.53. The first-order chi connectivity index (χ1) is 14.1. The van der Waals surface area contributed by atoms with Gasteiger partial charge in [-0.2, -0.15) is 4.31 Å². The first-order valence-corrected chi connectivity index (χ1v) is 12.4. The van der Waals surface area contributed by atoms with Crippen LogP contribution in [0.5, 0.6) is 0 Å². The van der Waals surface area contributed by atoms with Crippen LogP contribution in [0.25, 0.3) is 10.8 Å². The second-order valence-electron chi connectivity index (χ2n) is 7.00. The van der Waals surface area contributed by atoms with Gasteiger partial charge in [0.2, 0.25) is 10.0 Å². The van der Waals surface area contributed by atoms with E-state index in [-0.39, 0.29) is 33.7 Å². The summed E-state index contributed by atoms with van der Waals surface area (Å²) in [6.07, 6.45) is 1.37. The molecule has 1 unspecified atom stereocenters. The van der Waals surface area contributed by atoms with E-state index in [1.165, 1.54) is 42.6 Å². The second-order valence-corrected chi connectivity index (χ2v) is 11.0. The molecule has 1 atom stereocenters. The Morgan fingerprint density at radius 2 is 1.67 bits per heavy atom. The number of sulfonamides is 1. The molecule has 0 saturated carbocycles. The Bertz CT molecular complexity index is 1300. The fraction of sp³-hybridized carbons (Fsp3) is 0.250. The molecule has 1 heterocycles. The quantitative estimate of drug-likeness (QED) is 0.534. The number of aromatic nitrogens is 1. The number of sulfone groups is 1. The smallest absolute Gasteiger partial charge is 0.255 e. The van der Waals surface area contributed by atoms with Gasteiger partial charge in [-0.15, -0.1) is 0 Å². The van der Waals surface area contributed by atoms with E-state index in [1.54, 1.807) is 25.1 Å². The van der Waals surface area contributed by atoms with Gasteiger partial charge in [-0.05, 0) is 37.3 Å². The topological polar surface area (TPSA) is 130 Å². The molecule has 0 aliphatic carbocycles. The minimum atomic E-state index is -4.11. The van der Waals surface area contributed by atoms with Crippen LogP contribution < -0.4 is 11.3 Å². The number of hydrogen-bond donors (Lipinski definition) is 2. The number of rotatable bonds is 8. The molecule has 0 spiro atoms. The van der Waals surface area contributed by atoms with Crippen molar-refractivity contribution < 1.29 is 16.8 Å². The Labute approximate surface area is 175 Å². The number of nitrogens with zero attached hydrogens (tertiary/aromatic N) is 1. The molecular weight excluding hydrogens is 426 g/mol. The molecule has 0 bridgehead atoms. The van der Waals surface area contributed by atoms with Crippen molar-refractivity contribution in [2.75, 3.05) is 18.8 Å². The molecule has 10 heteroatoms. The van der Waals surface area contributed by atoms with Crippen molar-refractivity contribution in [1.29, 1.82) is 0 Å². The number of pyridine rings is 1. The van der Waals surface area contributed by atoms with Crippen LogP contribution in [0.1, 0.15) is 6.92 Å². The first kappa shape index (κ1) is 22.2. The minimum absolute atomic E-state index is 0.0633. The lowest BCUT2D eigenvalue weighted by Gasteiger charge is -2.24. The maximum Gasteiger partial charge on any atom is 0.255 e. The molecule has 3 aromatic rings. The van der Waals surface area contributed by atoms with Crippen molar-refractivity contribution in [3.05, 3.63) is 71.1 Å². The van der Waals surface area contributed by atoms with Crippen molar-refractivity contribution in [2.45, 2.75) is 22.8 Å².